The van der Waals surface area contributed by atoms with Crippen molar-refractivity contribution in [3.05, 3.63) is 59.3 Å². The van der Waals surface area contributed by atoms with Gasteiger partial charge in [0, 0.05) is 33.8 Å². The number of aromatic amines is 1. The summed E-state index contributed by atoms with van der Waals surface area (Å²) >= 11 is 1.26. The van der Waals surface area contributed by atoms with Gasteiger partial charge >= 0.3 is 5.69 Å². The summed E-state index contributed by atoms with van der Waals surface area (Å²) in [5.41, 5.74) is 5.39. The van der Waals surface area contributed by atoms with Crippen molar-refractivity contribution in [3.63, 3.8) is 0 Å². The lowest BCUT2D eigenvalue weighted by Crippen LogP contribution is -2.38. The molecule has 0 amide bonds. The van der Waals surface area contributed by atoms with Crippen LogP contribution in [0.1, 0.15) is 76.7 Å². The van der Waals surface area contributed by atoms with E-state index in [0.29, 0.717) is 16.1 Å². The third-order valence-electron chi connectivity index (χ3n) is 6.59. The number of alkyl halides is 2. The molecule has 0 aromatic carbocycles. The predicted molar refractivity (Wildman–Crippen MR) is 110 cm³/mol. The van der Waals surface area contributed by atoms with Crippen LogP contribution in [0.4, 0.5) is 13.2 Å². The highest BCUT2D eigenvalue weighted by atomic mass is 32.1. The highest BCUT2D eigenvalue weighted by Gasteiger charge is 2.46. The van der Waals surface area contributed by atoms with E-state index < -0.39 is 40.9 Å². The summed E-state index contributed by atoms with van der Waals surface area (Å²) in [6.07, 6.45) is 1.42. The first-order chi connectivity index (χ1) is 14.7. The molecule has 6 nitrogen and oxygen atoms in total. The van der Waals surface area contributed by atoms with E-state index in [0.717, 1.165) is 17.7 Å². The number of aromatic nitrogens is 2. The average Bonchev–Trinajstić information content (AvgIpc) is 3.45. The first-order valence-electron chi connectivity index (χ1n) is 10.2. The molecular formula is C21H22F3N3O3S. The maximum atomic E-state index is 15.7. The molecule has 31 heavy (non-hydrogen) atoms. The third-order valence-corrected chi connectivity index (χ3v) is 7.88. The SMILES string of the molecule is COC1=C(F)C(c2cc3c(s2)CCC(F)(F)C3N)C(C)c2c1c(=O)[nH]c(=O)n2C1CC1. The van der Waals surface area contributed by atoms with Gasteiger partial charge in [0.15, 0.2) is 11.6 Å². The predicted octanol–water partition coefficient (Wildman–Crippen LogP) is 3.70. The molecule has 3 atom stereocenters. The zero-order valence-corrected chi connectivity index (χ0v) is 17.8. The number of rotatable bonds is 3. The van der Waals surface area contributed by atoms with Gasteiger partial charge in [-0.2, -0.15) is 0 Å². The van der Waals surface area contributed by atoms with Crippen molar-refractivity contribution in [3.8, 4) is 0 Å². The van der Waals surface area contributed by atoms with Gasteiger partial charge in [0.2, 0.25) is 0 Å². The standard InChI is InChI=1S/C21H22F3N3O3S/c1-8-13(12-7-10-11(31-12)5-6-21(23,24)18(10)25)15(22)17(30-2)14-16(8)27(9-3-4-9)20(29)26-19(14)28/h7-9,13,18H,3-6,25H2,1-2H3,(H,26,28,29). The van der Waals surface area contributed by atoms with Crippen LogP contribution in [0.5, 0.6) is 0 Å². The Morgan fingerprint density at radius 2 is 2.03 bits per heavy atom. The lowest BCUT2D eigenvalue weighted by atomic mass is 9.80. The number of H-pyrrole nitrogens is 1. The monoisotopic (exact) mass is 453 g/mol. The van der Waals surface area contributed by atoms with Crippen molar-refractivity contribution in [2.45, 2.75) is 62.4 Å². The van der Waals surface area contributed by atoms with Gasteiger partial charge in [0.1, 0.15) is 5.56 Å². The van der Waals surface area contributed by atoms with Crippen molar-refractivity contribution in [2.24, 2.45) is 5.73 Å². The summed E-state index contributed by atoms with van der Waals surface area (Å²) in [6.45, 7) is 1.75. The molecule has 0 bridgehead atoms. The van der Waals surface area contributed by atoms with Gasteiger partial charge in [-0.05, 0) is 30.9 Å². The Kier molecular flexibility index (Phi) is 4.53. The lowest BCUT2D eigenvalue weighted by Gasteiger charge is -2.32. The molecule has 2 aromatic heterocycles. The Hall–Kier alpha value is -2.33. The molecule has 2 aromatic rings. The number of thiophene rings is 1. The summed E-state index contributed by atoms with van der Waals surface area (Å²) in [6, 6.07) is 0.0710. The van der Waals surface area contributed by atoms with Crippen LogP contribution in [0.25, 0.3) is 5.76 Å². The number of halogens is 3. The Labute approximate surface area is 179 Å². The molecule has 1 fully saturated rings. The van der Waals surface area contributed by atoms with Gasteiger partial charge < -0.3 is 10.5 Å². The molecule has 0 spiro atoms. The zero-order chi connectivity index (χ0) is 22.2. The second-order valence-corrected chi connectivity index (χ2v) is 9.70. The van der Waals surface area contributed by atoms with Crippen LogP contribution < -0.4 is 17.0 Å². The Morgan fingerprint density at radius 3 is 2.68 bits per heavy atom. The highest BCUT2D eigenvalue weighted by molar-refractivity contribution is 7.12. The van der Waals surface area contributed by atoms with Gasteiger partial charge in [0.05, 0.1) is 19.1 Å². The second kappa shape index (κ2) is 6.83. The van der Waals surface area contributed by atoms with Crippen LogP contribution in [0.3, 0.4) is 0 Å². The molecule has 3 aliphatic rings. The smallest absolute Gasteiger partial charge is 0.328 e. The molecule has 2 heterocycles. The van der Waals surface area contributed by atoms with Crippen LogP contribution >= 0.6 is 11.3 Å². The molecule has 3 aliphatic carbocycles. The van der Waals surface area contributed by atoms with Crippen LogP contribution in [0.2, 0.25) is 0 Å². The lowest BCUT2D eigenvalue weighted by molar-refractivity contribution is -0.0392. The molecule has 166 valence electrons. The fraction of sp³-hybridized carbons (Fsp3) is 0.524. The molecule has 5 rings (SSSR count). The molecular weight excluding hydrogens is 431 g/mol. The quantitative estimate of drug-likeness (QED) is 0.742. The van der Waals surface area contributed by atoms with Gasteiger partial charge in [-0.25, -0.2) is 18.0 Å². The van der Waals surface area contributed by atoms with Gasteiger partial charge in [-0.1, -0.05) is 6.92 Å². The number of ether oxygens (including phenoxy) is 1. The molecule has 10 heteroatoms. The third kappa shape index (κ3) is 2.95. The summed E-state index contributed by atoms with van der Waals surface area (Å²) in [5.74, 6) is -5.30. The first-order valence-corrected chi connectivity index (χ1v) is 11.1. The number of hydrogen-bond donors (Lipinski definition) is 2. The number of nitrogens with zero attached hydrogens (tertiary/aromatic N) is 1. The molecule has 0 saturated heterocycles. The average molecular weight is 453 g/mol. The summed E-state index contributed by atoms with van der Waals surface area (Å²) < 4.78 is 50.8. The van der Waals surface area contributed by atoms with E-state index in [1.807, 2.05) is 0 Å². The zero-order valence-electron chi connectivity index (χ0n) is 17.0. The number of fused-ring (bicyclic) bond motifs is 2. The summed E-state index contributed by atoms with van der Waals surface area (Å²) in [7, 11) is 1.27. The van der Waals surface area contributed by atoms with E-state index in [1.54, 1.807) is 13.0 Å². The topological polar surface area (TPSA) is 90.1 Å². The van der Waals surface area contributed by atoms with E-state index >= 15 is 4.39 Å². The highest BCUT2D eigenvalue weighted by Crippen LogP contribution is 2.53. The van der Waals surface area contributed by atoms with Crippen molar-refractivity contribution in [1.29, 1.82) is 0 Å². The number of hydrogen-bond acceptors (Lipinski definition) is 5. The Morgan fingerprint density at radius 1 is 1.32 bits per heavy atom. The maximum Gasteiger partial charge on any atom is 0.328 e. The molecule has 0 aliphatic heterocycles. The minimum atomic E-state index is -3.01. The van der Waals surface area contributed by atoms with Crippen molar-refractivity contribution < 1.29 is 17.9 Å². The van der Waals surface area contributed by atoms with E-state index in [4.69, 9.17) is 10.5 Å². The number of aryl methyl sites for hydroxylation is 1. The molecule has 3 unspecified atom stereocenters. The van der Waals surface area contributed by atoms with Gasteiger partial charge in [0.25, 0.3) is 11.5 Å². The van der Waals surface area contributed by atoms with E-state index in [-0.39, 0.29) is 30.2 Å². The van der Waals surface area contributed by atoms with Crippen LogP contribution in [-0.4, -0.2) is 22.6 Å². The molecule has 3 N–H and O–H groups in total. The number of methoxy groups -OCH3 is 1. The molecule has 1 saturated carbocycles. The van der Waals surface area contributed by atoms with Crippen molar-refractivity contribution in [2.75, 3.05) is 7.11 Å². The van der Waals surface area contributed by atoms with Crippen molar-refractivity contribution >= 4 is 17.1 Å². The fourth-order valence-corrected chi connectivity index (χ4v) is 6.29. The first kappa shape index (κ1) is 20.6. The van der Waals surface area contributed by atoms with Crippen molar-refractivity contribution in [1.82, 2.24) is 9.55 Å². The molecule has 0 radical (unpaired) electrons. The second-order valence-electron chi connectivity index (χ2n) is 8.53. The fourth-order valence-electron chi connectivity index (χ4n) is 4.88. The number of nitrogens with two attached hydrogens (primary N) is 1. The largest absolute Gasteiger partial charge is 0.493 e. The minimum Gasteiger partial charge on any atom is -0.493 e. The van der Waals surface area contributed by atoms with E-state index in [1.165, 1.54) is 23.0 Å². The van der Waals surface area contributed by atoms with E-state index in [2.05, 4.69) is 4.98 Å². The summed E-state index contributed by atoms with van der Waals surface area (Å²) in [4.78, 5) is 28.7. The summed E-state index contributed by atoms with van der Waals surface area (Å²) in [5, 5.41) is 0. The van der Waals surface area contributed by atoms with Gasteiger partial charge in [-0.15, -0.1) is 11.3 Å². The van der Waals surface area contributed by atoms with Crippen LogP contribution in [0, 0.1) is 0 Å². The van der Waals surface area contributed by atoms with E-state index in [9.17, 15) is 18.4 Å². The Balaban J connectivity index is 1.71. The normalized spacial score (nSPS) is 27.1. The minimum absolute atomic E-state index is 0.0276. The van der Waals surface area contributed by atoms with Crippen LogP contribution in [0.15, 0.2) is 21.5 Å². The maximum absolute atomic E-state index is 15.7. The Bertz CT molecular complexity index is 1220. The van der Waals surface area contributed by atoms with Crippen LogP contribution in [-0.2, 0) is 11.2 Å². The van der Waals surface area contributed by atoms with Gasteiger partial charge in [-0.3, -0.25) is 14.3 Å². The number of allylic oxidation sites excluding steroid dienone is 1. The number of nitrogens with one attached hydrogen (secondary N) is 1.